The van der Waals surface area contributed by atoms with Gasteiger partial charge in [0.15, 0.2) is 0 Å². The first-order valence-electron chi connectivity index (χ1n) is 6.50. The molecule has 1 aliphatic heterocycles. The molecule has 0 unspecified atom stereocenters. The minimum absolute atomic E-state index is 0.0492. The predicted molar refractivity (Wildman–Crippen MR) is 81.6 cm³/mol. The van der Waals surface area contributed by atoms with E-state index in [1.165, 1.54) is 6.07 Å². The number of amides is 1. The van der Waals surface area contributed by atoms with Gasteiger partial charge < -0.3 is 10.1 Å². The Bertz CT molecular complexity index is 654. The number of halogens is 1. The summed E-state index contributed by atoms with van der Waals surface area (Å²) in [6.07, 6.45) is 1.51. The summed E-state index contributed by atoms with van der Waals surface area (Å²) in [4.78, 5) is 12.2. The van der Waals surface area contributed by atoms with Gasteiger partial charge in [0.1, 0.15) is 0 Å². The summed E-state index contributed by atoms with van der Waals surface area (Å²) in [6, 6.07) is 2.97. The molecule has 21 heavy (non-hydrogen) atoms. The van der Waals surface area contributed by atoms with Gasteiger partial charge in [-0.05, 0) is 53.4 Å². The first-order chi connectivity index (χ1) is 9.79. The van der Waals surface area contributed by atoms with Crippen LogP contribution in [0.3, 0.4) is 0 Å². The molecule has 1 saturated heterocycles. The highest BCUT2D eigenvalue weighted by molar-refractivity contribution is 9.10. The Balaban J connectivity index is 2.27. The van der Waals surface area contributed by atoms with Crippen molar-refractivity contribution < 1.29 is 17.9 Å². The van der Waals surface area contributed by atoms with Crippen molar-refractivity contribution in [2.24, 2.45) is 5.14 Å². The molecule has 0 radical (unpaired) electrons. The number of nitrogens with one attached hydrogen (secondary N) is 1. The van der Waals surface area contributed by atoms with Crippen LogP contribution in [-0.2, 0) is 14.8 Å². The Labute approximate surface area is 132 Å². The van der Waals surface area contributed by atoms with E-state index in [-0.39, 0.29) is 22.4 Å². The molecule has 0 spiro atoms. The van der Waals surface area contributed by atoms with E-state index in [2.05, 4.69) is 21.2 Å². The molecule has 0 atom stereocenters. The molecule has 1 aromatic rings. The van der Waals surface area contributed by atoms with Gasteiger partial charge in [-0.1, -0.05) is 0 Å². The van der Waals surface area contributed by atoms with E-state index in [9.17, 15) is 13.2 Å². The SMILES string of the molecule is Cc1cc(C(=O)NC2CCOCC2)cc(S(N)(=O)=O)c1Br. The Morgan fingerprint density at radius 2 is 2.00 bits per heavy atom. The molecule has 1 amide bonds. The van der Waals surface area contributed by atoms with Crippen LogP contribution in [0.2, 0.25) is 0 Å². The smallest absolute Gasteiger partial charge is 0.251 e. The lowest BCUT2D eigenvalue weighted by molar-refractivity contribution is 0.0696. The molecular weight excluding hydrogens is 360 g/mol. The van der Waals surface area contributed by atoms with Gasteiger partial charge in [-0.2, -0.15) is 0 Å². The number of benzene rings is 1. The minimum atomic E-state index is -3.89. The third-order valence-electron chi connectivity index (χ3n) is 3.35. The molecule has 1 fully saturated rings. The fourth-order valence-corrected chi connectivity index (χ4v) is 3.79. The van der Waals surface area contributed by atoms with Crippen LogP contribution in [0.25, 0.3) is 0 Å². The standard InChI is InChI=1S/C13H17BrN2O4S/c1-8-6-9(7-11(12(8)14)21(15,18)19)13(17)16-10-2-4-20-5-3-10/h6-7,10H,2-5H2,1H3,(H,16,17)(H2,15,18,19). The molecule has 0 aliphatic carbocycles. The zero-order valence-electron chi connectivity index (χ0n) is 11.6. The summed E-state index contributed by atoms with van der Waals surface area (Å²) in [5.74, 6) is -0.303. The fourth-order valence-electron chi connectivity index (χ4n) is 2.19. The number of aryl methyl sites for hydroxylation is 1. The number of primary sulfonamides is 1. The van der Waals surface area contributed by atoms with Crippen molar-refractivity contribution in [1.29, 1.82) is 0 Å². The van der Waals surface area contributed by atoms with Gasteiger partial charge in [0.25, 0.3) is 5.91 Å². The van der Waals surface area contributed by atoms with Crippen molar-refractivity contribution in [3.63, 3.8) is 0 Å². The molecule has 2 rings (SSSR count). The van der Waals surface area contributed by atoms with Gasteiger partial charge in [0.2, 0.25) is 10.0 Å². The molecular formula is C13H17BrN2O4S. The molecule has 0 aromatic heterocycles. The maximum Gasteiger partial charge on any atom is 0.251 e. The van der Waals surface area contributed by atoms with Crippen molar-refractivity contribution >= 4 is 31.9 Å². The number of carbonyl (C=O) groups excluding carboxylic acids is 1. The van der Waals surface area contributed by atoms with Crippen LogP contribution in [0.5, 0.6) is 0 Å². The number of carbonyl (C=O) groups is 1. The number of sulfonamides is 1. The highest BCUT2D eigenvalue weighted by atomic mass is 79.9. The summed E-state index contributed by atoms with van der Waals surface area (Å²) in [6.45, 7) is 2.95. The minimum Gasteiger partial charge on any atom is -0.381 e. The molecule has 6 nitrogen and oxygen atoms in total. The second kappa shape index (κ2) is 6.43. The molecule has 3 N–H and O–H groups in total. The van der Waals surface area contributed by atoms with Gasteiger partial charge >= 0.3 is 0 Å². The summed E-state index contributed by atoms with van der Waals surface area (Å²) >= 11 is 3.19. The molecule has 1 aromatic carbocycles. The Morgan fingerprint density at radius 1 is 1.38 bits per heavy atom. The van der Waals surface area contributed by atoms with Crippen LogP contribution in [-0.4, -0.2) is 33.6 Å². The van der Waals surface area contributed by atoms with Crippen molar-refractivity contribution in [3.05, 3.63) is 27.7 Å². The van der Waals surface area contributed by atoms with E-state index in [1.807, 2.05) is 0 Å². The maximum absolute atomic E-state index is 12.3. The van der Waals surface area contributed by atoms with Gasteiger partial charge in [-0.15, -0.1) is 0 Å². The molecule has 0 saturated carbocycles. The highest BCUT2D eigenvalue weighted by Crippen LogP contribution is 2.26. The summed E-state index contributed by atoms with van der Waals surface area (Å²) < 4.78 is 28.8. The monoisotopic (exact) mass is 376 g/mol. The van der Waals surface area contributed by atoms with Crippen molar-refractivity contribution in [3.8, 4) is 0 Å². The summed E-state index contributed by atoms with van der Waals surface area (Å²) in [7, 11) is -3.89. The zero-order chi connectivity index (χ0) is 15.6. The second-order valence-electron chi connectivity index (χ2n) is 5.01. The summed E-state index contributed by atoms with van der Waals surface area (Å²) in [5, 5.41) is 8.06. The van der Waals surface area contributed by atoms with Crippen LogP contribution in [0.4, 0.5) is 0 Å². The number of nitrogens with two attached hydrogens (primary N) is 1. The van der Waals surface area contributed by atoms with E-state index in [1.54, 1.807) is 13.0 Å². The lowest BCUT2D eigenvalue weighted by Gasteiger charge is -2.23. The van der Waals surface area contributed by atoms with E-state index < -0.39 is 10.0 Å². The first-order valence-corrected chi connectivity index (χ1v) is 8.84. The average Bonchev–Trinajstić information content (AvgIpc) is 2.41. The Hall–Kier alpha value is -0.960. The average molecular weight is 377 g/mol. The number of hydrogen-bond acceptors (Lipinski definition) is 4. The van der Waals surface area contributed by atoms with Crippen molar-refractivity contribution in [2.75, 3.05) is 13.2 Å². The largest absolute Gasteiger partial charge is 0.381 e. The zero-order valence-corrected chi connectivity index (χ0v) is 14.0. The normalized spacial score (nSPS) is 16.7. The molecule has 1 aliphatic rings. The van der Waals surface area contributed by atoms with Crippen LogP contribution < -0.4 is 10.5 Å². The number of hydrogen-bond donors (Lipinski definition) is 2. The molecule has 1 heterocycles. The van der Waals surface area contributed by atoms with Gasteiger partial charge in [-0.25, -0.2) is 13.6 Å². The lowest BCUT2D eigenvalue weighted by Crippen LogP contribution is -2.39. The van der Waals surface area contributed by atoms with E-state index in [0.29, 0.717) is 23.2 Å². The van der Waals surface area contributed by atoms with Gasteiger partial charge in [0, 0.05) is 29.3 Å². The number of ether oxygens (including phenoxy) is 1. The van der Waals surface area contributed by atoms with E-state index in [4.69, 9.17) is 9.88 Å². The van der Waals surface area contributed by atoms with Crippen LogP contribution >= 0.6 is 15.9 Å². The lowest BCUT2D eigenvalue weighted by atomic mass is 10.1. The first kappa shape index (κ1) is 16.4. The Morgan fingerprint density at radius 3 is 2.57 bits per heavy atom. The van der Waals surface area contributed by atoms with E-state index in [0.717, 1.165) is 12.8 Å². The number of rotatable bonds is 3. The van der Waals surface area contributed by atoms with Gasteiger partial charge in [0.05, 0.1) is 4.90 Å². The third-order valence-corrected chi connectivity index (χ3v) is 5.60. The topological polar surface area (TPSA) is 98.5 Å². The van der Waals surface area contributed by atoms with Crippen molar-refractivity contribution in [1.82, 2.24) is 5.32 Å². The Kier molecular flexibility index (Phi) is 5.03. The second-order valence-corrected chi connectivity index (χ2v) is 7.33. The predicted octanol–water partition coefficient (Wildman–Crippen LogP) is 1.31. The van der Waals surface area contributed by atoms with Gasteiger partial charge in [-0.3, -0.25) is 4.79 Å². The van der Waals surface area contributed by atoms with E-state index >= 15 is 0 Å². The van der Waals surface area contributed by atoms with Crippen LogP contribution in [0, 0.1) is 6.92 Å². The quantitative estimate of drug-likeness (QED) is 0.830. The maximum atomic E-state index is 12.3. The van der Waals surface area contributed by atoms with Crippen molar-refractivity contribution in [2.45, 2.75) is 30.7 Å². The fraction of sp³-hybridized carbons (Fsp3) is 0.462. The van der Waals surface area contributed by atoms with Crippen LogP contribution in [0.1, 0.15) is 28.8 Å². The summed E-state index contributed by atoms with van der Waals surface area (Å²) in [5.41, 5.74) is 0.921. The molecule has 8 heteroatoms. The van der Waals surface area contributed by atoms with Crippen LogP contribution in [0.15, 0.2) is 21.5 Å². The third kappa shape index (κ3) is 4.03. The molecule has 116 valence electrons. The highest BCUT2D eigenvalue weighted by Gasteiger charge is 2.21. The molecule has 0 bridgehead atoms.